The number of aliphatic hydroxyl groups is 1. The lowest BCUT2D eigenvalue weighted by molar-refractivity contribution is -0.137. The summed E-state index contributed by atoms with van der Waals surface area (Å²) in [5.41, 5.74) is -0.359. The molecule has 1 aromatic rings. The molecule has 0 aromatic carbocycles. The predicted octanol–water partition coefficient (Wildman–Crippen LogP) is 1.12. The number of amides is 2. The van der Waals surface area contributed by atoms with Gasteiger partial charge in [0.15, 0.2) is 0 Å². The normalized spacial score (nSPS) is 13.6. The van der Waals surface area contributed by atoms with Crippen LogP contribution >= 0.6 is 11.3 Å². The highest BCUT2D eigenvalue weighted by Gasteiger charge is 2.23. The summed E-state index contributed by atoms with van der Waals surface area (Å²) in [6.07, 6.45) is 0.399. The summed E-state index contributed by atoms with van der Waals surface area (Å²) in [7, 11) is 0. The Morgan fingerprint density at radius 1 is 1.42 bits per heavy atom. The number of urea groups is 1. The summed E-state index contributed by atoms with van der Waals surface area (Å²) in [5, 5.41) is 27.4. The smallest absolute Gasteiger partial charge is 0.314 e. The van der Waals surface area contributed by atoms with Crippen molar-refractivity contribution in [1.82, 2.24) is 10.6 Å². The molecule has 7 heteroatoms. The van der Waals surface area contributed by atoms with E-state index in [1.165, 1.54) is 11.3 Å². The maximum absolute atomic E-state index is 11.4. The van der Waals surface area contributed by atoms with Crippen molar-refractivity contribution in [1.29, 1.82) is 0 Å². The molecule has 0 saturated carbocycles. The molecule has 0 spiro atoms. The molecule has 106 valence electrons. The Hall–Kier alpha value is -1.60. The van der Waals surface area contributed by atoms with Gasteiger partial charge in [0.25, 0.3) is 0 Å². The maximum atomic E-state index is 11.4. The second kappa shape index (κ2) is 7.10. The van der Waals surface area contributed by atoms with Crippen LogP contribution in [-0.4, -0.2) is 35.3 Å². The lowest BCUT2D eigenvalue weighted by Crippen LogP contribution is -2.43. The molecule has 1 atom stereocenters. The van der Waals surface area contributed by atoms with Gasteiger partial charge in [-0.05, 0) is 35.7 Å². The number of rotatable bonds is 7. The van der Waals surface area contributed by atoms with Crippen molar-refractivity contribution in [3.05, 3.63) is 22.4 Å². The number of nitrogens with one attached hydrogen (secondary N) is 2. The van der Waals surface area contributed by atoms with Gasteiger partial charge < -0.3 is 20.8 Å². The van der Waals surface area contributed by atoms with Crippen molar-refractivity contribution in [2.24, 2.45) is 0 Å². The molecule has 1 aromatic heterocycles. The van der Waals surface area contributed by atoms with Crippen LogP contribution in [0.3, 0.4) is 0 Å². The second-order valence-corrected chi connectivity index (χ2v) is 5.17. The average molecular weight is 286 g/mol. The van der Waals surface area contributed by atoms with Gasteiger partial charge in [-0.25, -0.2) is 4.79 Å². The molecule has 0 aliphatic carbocycles. The minimum Gasteiger partial charge on any atom is -0.481 e. The van der Waals surface area contributed by atoms with Gasteiger partial charge in [-0.2, -0.15) is 11.3 Å². The van der Waals surface area contributed by atoms with Crippen molar-refractivity contribution in [2.45, 2.75) is 25.4 Å². The zero-order valence-corrected chi connectivity index (χ0v) is 11.5. The molecule has 4 N–H and O–H groups in total. The standard InChI is InChI=1S/C12H18N2O4S/c1-12(18,9-4-6-19-7-9)8-14-11(17)13-5-2-3-10(15)16/h4,6-7,18H,2-3,5,8H2,1H3,(H,15,16)(H2,13,14,17). The Bertz CT molecular complexity index is 417. The molecular formula is C12H18N2O4S. The highest BCUT2D eigenvalue weighted by atomic mass is 32.1. The summed E-state index contributed by atoms with van der Waals surface area (Å²) in [5.74, 6) is -0.886. The Morgan fingerprint density at radius 3 is 2.74 bits per heavy atom. The van der Waals surface area contributed by atoms with E-state index >= 15 is 0 Å². The Morgan fingerprint density at radius 2 is 2.16 bits per heavy atom. The molecule has 0 aliphatic heterocycles. The van der Waals surface area contributed by atoms with Crippen molar-refractivity contribution in [2.75, 3.05) is 13.1 Å². The number of carboxylic acids is 1. The van der Waals surface area contributed by atoms with Gasteiger partial charge in [0.2, 0.25) is 0 Å². The SMILES string of the molecule is CC(O)(CNC(=O)NCCCC(=O)O)c1ccsc1. The number of thiophene rings is 1. The maximum Gasteiger partial charge on any atom is 0.314 e. The Kier molecular flexibility index (Phi) is 5.78. The van der Waals surface area contributed by atoms with Gasteiger partial charge in [0.05, 0.1) is 6.54 Å². The molecular weight excluding hydrogens is 268 g/mol. The first-order valence-corrected chi connectivity index (χ1v) is 6.84. The fraction of sp³-hybridized carbons (Fsp3) is 0.500. The monoisotopic (exact) mass is 286 g/mol. The van der Waals surface area contributed by atoms with E-state index in [-0.39, 0.29) is 13.0 Å². The fourth-order valence-electron chi connectivity index (χ4n) is 1.43. The number of aliphatic carboxylic acids is 1. The molecule has 0 fully saturated rings. The highest BCUT2D eigenvalue weighted by molar-refractivity contribution is 7.08. The van der Waals surface area contributed by atoms with Crippen LogP contribution in [0.15, 0.2) is 16.8 Å². The van der Waals surface area contributed by atoms with E-state index in [2.05, 4.69) is 10.6 Å². The number of carbonyl (C=O) groups is 2. The van der Waals surface area contributed by atoms with Crippen molar-refractivity contribution in [3.63, 3.8) is 0 Å². The van der Waals surface area contributed by atoms with E-state index in [1.54, 1.807) is 13.0 Å². The minimum absolute atomic E-state index is 0.0207. The molecule has 1 rings (SSSR count). The van der Waals surface area contributed by atoms with Crippen LogP contribution in [0.25, 0.3) is 0 Å². The lowest BCUT2D eigenvalue weighted by Gasteiger charge is -2.22. The van der Waals surface area contributed by atoms with Gasteiger partial charge in [-0.15, -0.1) is 0 Å². The van der Waals surface area contributed by atoms with Crippen molar-refractivity contribution in [3.8, 4) is 0 Å². The van der Waals surface area contributed by atoms with E-state index in [0.29, 0.717) is 13.0 Å². The minimum atomic E-state index is -1.11. The molecule has 2 amide bonds. The number of carboxylic acid groups (broad SMARTS) is 1. The molecule has 1 heterocycles. The van der Waals surface area contributed by atoms with Gasteiger partial charge in [-0.1, -0.05) is 0 Å². The van der Waals surface area contributed by atoms with Crippen LogP contribution in [0.1, 0.15) is 25.3 Å². The third-order valence-electron chi connectivity index (χ3n) is 2.59. The molecule has 19 heavy (non-hydrogen) atoms. The molecule has 6 nitrogen and oxygen atoms in total. The topological polar surface area (TPSA) is 98.7 Å². The van der Waals surface area contributed by atoms with E-state index in [1.807, 2.05) is 10.8 Å². The van der Waals surface area contributed by atoms with E-state index < -0.39 is 17.6 Å². The summed E-state index contributed by atoms with van der Waals surface area (Å²) in [6.45, 7) is 2.01. The number of hydrogen-bond acceptors (Lipinski definition) is 4. The van der Waals surface area contributed by atoms with Crippen LogP contribution in [0, 0.1) is 0 Å². The molecule has 0 radical (unpaired) electrons. The molecule has 0 aliphatic rings. The first kappa shape index (κ1) is 15.5. The number of carbonyl (C=O) groups excluding carboxylic acids is 1. The van der Waals surface area contributed by atoms with Crippen LogP contribution < -0.4 is 10.6 Å². The molecule has 0 saturated heterocycles. The fourth-order valence-corrected chi connectivity index (χ4v) is 2.21. The zero-order valence-electron chi connectivity index (χ0n) is 10.7. The quantitative estimate of drug-likeness (QED) is 0.564. The summed E-state index contributed by atoms with van der Waals surface area (Å²) in [6, 6.07) is 1.39. The van der Waals surface area contributed by atoms with Crippen molar-refractivity contribution >= 4 is 23.3 Å². The van der Waals surface area contributed by atoms with Gasteiger partial charge in [0, 0.05) is 13.0 Å². The van der Waals surface area contributed by atoms with Gasteiger partial charge in [0.1, 0.15) is 5.60 Å². The van der Waals surface area contributed by atoms with E-state index in [4.69, 9.17) is 5.11 Å². The largest absolute Gasteiger partial charge is 0.481 e. The highest BCUT2D eigenvalue weighted by Crippen LogP contribution is 2.21. The van der Waals surface area contributed by atoms with E-state index in [0.717, 1.165) is 5.56 Å². The van der Waals surface area contributed by atoms with Gasteiger partial charge in [-0.3, -0.25) is 4.79 Å². The molecule has 1 unspecified atom stereocenters. The van der Waals surface area contributed by atoms with Crippen molar-refractivity contribution < 1.29 is 19.8 Å². The third-order valence-corrected chi connectivity index (χ3v) is 3.27. The van der Waals surface area contributed by atoms with E-state index in [9.17, 15) is 14.7 Å². The second-order valence-electron chi connectivity index (χ2n) is 4.39. The van der Waals surface area contributed by atoms with Crippen LogP contribution in [0.5, 0.6) is 0 Å². The predicted molar refractivity (Wildman–Crippen MR) is 72.2 cm³/mol. The average Bonchev–Trinajstić information content (AvgIpc) is 2.86. The Labute approximate surface area is 115 Å². The molecule has 0 bridgehead atoms. The Balaban J connectivity index is 2.24. The van der Waals surface area contributed by atoms with Gasteiger partial charge >= 0.3 is 12.0 Å². The third kappa shape index (κ3) is 5.71. The first-order chi connectivity index (χ1) is 8.92. The summed E-state index contributed by atoms with van der Waals surface area (Å²) < 4.78 is 0. The van der Waals surface area contributed by atoms with Crippen LogP contribution in [0.4, 0.5) is 4.79 Å². The summed E-state index contributed by atoms with van der Waals surface area (Å²) in [4.78, 5) is 21.7. The number of hydrogen-bond donors (Lipinski definition) is 4. The summed E-state index contributed by atoms with van der Waals surface area (Å²) >= 11 is 1.48. The lowest BCUT2D eigenvalue weighted by atomic mass is 9.99. The van der Waals surface area contributed by atoms with Crippen LogP contribution in [0.2, 0.25) is 0 Å². The van der Waals surface area contributed by atoms with Crippen LogP contribution in [-0.2, 0) is 10.4 Å². The zero-order chi connectivity index (χ0) is 14.3. The first-order valence-electron chi connectivity index (χ1n) is 5.90.